The van der Waals surface area contributed by atoms with Crippen molar-refractivity contribution in [1.29, 1.82) is 0 Å². The van der Waals surface area contributed by atoms with E-state index in [-0.39, 0.29) is 0 Å². The molecule has 0 aliphatic carbocycles. The van der Waals surface area contributed by atoms with Crippen LogP contribution < -0.4 is 10.2 Å². The van der Waals surface area contributed by atoms with Gasteiger partial charge in [0.25, 0.3) is 0 Å². The van der Waals surface area contributed by atoms with Gasteiger partial charge in [0, 0.05) is 0 Å². The first-order chi connectivity index (χ1) is 4.41. The molecule has 52 valence electrons. The average Bonchev–Trinajstić information content (AvgIpc) is 2.45. The minimum absolute atomic E-state index is 0.779. The van der Waals surface area contributed by atoms with E-state index < -0.39 is 8.02 Å². The van der Waals surface area contributed by atoms with Crippen molar-refractivity contribution in [3.8, 4) is 0 Å². The van der Waals surface area contributed by atoms with E-state index in [9.17, 15) is 0 Å². The molecule has 2 aliphatic heterocycles. The molecular weight excluding hydrogens is 139 g/mol. The number of nitrogens with one attached hydrogen (secondary N) is 2. The van der Waals surface area contributed by atoms with Crippen LogP contribution in [0.25, 0.3) is 0 Å². The molecule has 2 fully saturated rings. The first-order valence-electron chi connectivity index (χ1n) is 3.10. The maximum Gasteiger partial charge on any atom is 0.431 e. The van der Waals surface area contributed by atoms with E-state index >= 15 is 0 Å². The van der Waals surface area contributed by atoms with E-state index in [2.05, 4.69) is 10.2 Å². The highest BCUT2D eigenvalue weighted by Crippen LogP contribution is 2.57. The van der Waals surface area contributed by atoms with Crippen molar-refractivity contribution < 1.29 is 9.05 Å². The molecule has 0 saturated carbocycles. The first-order valence-corrected chi connectivity index (χ1v) is 4.72. The second kappa shape index (κ2) is 2.15. The molecule has 0 aromatic heterocycles. The lowest BCUT2D eigenvalue weighted by Gasteiger charge is -2.06. The second-order valence-corrected chi connectivity index (χ2v) is 4.29. The molecule has 0 bridgehead atoms. The van der Waals surface area contributed by atoms with Crippen LogP contribution in [0.15, 0.2) is 0 Å². The highest BCUT2D eigenvalue weighted by molar-refractivity contribution is 7.62. The molecule has 2 heterocycles. The normalized spacial score (nSPS) is 32.0. The zero-order chi connectivity index (χ0) is 6.16. The molecule has 1 spiro atoms. The molecule has 2 rings (SSSR count). The third kappa shape index (κ3) is 0.974. The number of hydrogen-bond acceptors (Lipinski definition) is 4. The number of rotatable bonds is 0. The van der Waals surface area contributed by atoms with Gasteiger partial charge in [-0.2, -0.15) is 9.05 Å². The van der Waals surface area contributed by atoms with Crippen LogP contribution in [0.4, 0.5) is 0 Å². The Morgan fingerprint density at radius 1 is 1.00 bits per heavy atom. The third-order valence-corrected chi connectivity index (χ3v) is 3.76. The summed E-state index contributed by atoms with van der Waals surface area (Å²) in [6.07, 6.45) is 0. The zero-order valence-corrected chi connectivity index (χ0v) is 5.99. The van der Waals surface area contributed by atoms with Crippen molar-refractivity contribution in [3.63, 3.8) is 0 Å². The quantitative estimate of drug-likeness (QED) is 0.472. The van der Waals surface area contributed by atoms with Gasteiger partial charge in [-0.25, -0.2) is 0 Å². The lowest BCUT2D eigenvalue weighted by Crippen LogP contribution is -2.18. The van der Waals surface area contributed by atoms with Crippen LogP contribution in [0.1, 0.15) is 0 Å². The first kappa shape index (κ1) is 6.01. The summed E-state index contributed by atoms with van der Waals surface area (Å²) in [5.41, 5.74) is 0. The summed E-state index contributed by atoms with van der Waals surface area (Å²) in [5, 5.41) is 6.38. The fourth-order valence-corrected chi connectivity index (χ4v) is 3.03. The van der Waals surface area contributed by atoms with Gasteiger partial charge in [0.1, 0.15) is 13.2 Å². The van der Waals surface area contributed by atoms with Gasteiger partial charge in [-0.15, -0.1) is 10.2 Å². The Kier molecular flexibility index (Phi) is 1.43. The molecule has 0 unspecified atom stereocenters. The molecule has 2 aliphatic rings. The fraction of sp³-hybridized carbons (Fsp3) is 1.00. The van der Waals surface area contributed by atoms with Crippen molar-refractivity contribution in [2.75, 3.05) is 26.3 Å². The summed E-state index contributed by atoms with van der Waals surface area (Å²) in [6, 6.07) is 0. The van der Waals surface area contributed by atoms with Crippen LogP contribution >= 0.6 is 8.02 Å². The lowest BCUT2D eigenvalue weighted by molar-refractivity contribution is 0.289. The second-order valence-electron chi connectivity index (χ2n) is 2.03. The molecule has 0 aromatic carbocycles. The molecular formula is C4H10N2O2P+. The molecule has 0 aromatic rings. The van der Waals surface area contributed by atoms with Crippen LogP contribution in [0, 0.1) is 0 Å². The van der Waals surface area contributed by atoms with E-state index in [1.165, 1.54) is 0 Å². The fourth-order valence-electron chi connectivity index (χ4n) is 1.01. The topological polar surface area (TPSA) is 42.5 Å². The van der Waals surface area contributed by atoms with Crippen molar-refractivity contribution in [2.45, 2.75) is 0 Å². The Hall–Kier alpha value is 0.270. The Balaban J connectivity index is 2.04. The largest absolute Gasteiger partial charge is 0.431 e. The van der Waals surface area contributed by atoms with Crippen molar-refractivity contribution in [2.24, 2.45) is 0 Å². The summed E-state index contributed by atoms with van der Waals surface area (Å²) in [4.78, 5) is 0. The van der Waals surface area contributed by atoms with Gasteiger partial charge in [-0.1, -0.05) is 0 Å². The molecule has 2 N–H and O–H groups in total. The van der Waals surface area contributed by atoms with Gasteiger partial charge >= 0.3 is 8.02 Å². The lowest BCUT2D eigenvalue weighted by atomic mass is 10.8. The smallest absolute Gasteiger partial charge is 0.171 e. The average molecular weight is 149 g/mol. The Labute approximate surface area is 54.5 Å². The highest BCUT2D eigenvalue weighted by atomic mass is 31.2. The van der Waals surface area contributed by atoms with Crippen molar-refractivity contribution >= 4 is 8.02 Å². The van der Waals surface area contributed by atoms with Gasteiger partial charge in [-0.05, 0) is 0 Å². The molecule has 0 radical (unpaired) electrons. The Morgan fingerprint density at radius 2 is 1.56 bits per heavy atom. The van der Waals surface area contributed by atoms with E-state index in [1.54, 1.807) is 0 Å². The van der Waals surface area contributed by atoms with Crippen LogP contribution in [-0.4, -0.2) is 26.3 Å². The number of hydrogen-bond donors (Lipinski definition) is 2. The molecule has 4 nitrogen and oxygen atoms in total. The van der Waals surface area contributed by atoms with E-state index in [0.717, 1.165) is 26.3 Å². The van der Waals surface area contributed by atoms with E-state index in [4.69, 9.17) is 9.05 Å². The van der Waals surface area contributed by atoms with E-state index in [1.807, 2.05) is 0 Å². The summed E-state index contributed by atoms with van der Waals surface area (Å²) in [5.74, 6) is 0. The van der Waals surface area contributed by atoms with Gasteiger partial charge in [0.05, 0.1) is 13.1 Å². The summed E-state index contributed by atoms with van der Waals surface area (Å²) in [6.45, 7) is 3.39. The zero-order valence-electron chi connectivity index (χ0n) is 5.09. The molecule has 0 amide bonds. The molecule has 9 heavy (non-hydrogen) atoms. The summed E-state index contributed by atoms with van der Waals surface area (Å²) < 4.78 is 10.7. The minimum Gasteiger partial charge on any atom is -0.171 e. The monoisotopic (exact) mass is 149 g/mol. The standard InChI is InChI=1S/C4H10N2O2P/c1-3-7-9(5-1)6-2-4-8-9/h5-6H,1-4H2/q+1. The Bertz CT molecular complexity index is 91.6. The van der Waals surface area contributed by atoms with Crippen LogP contribution in [0.5, 0.6) is 0 Å². The maximum atomic E-state index is 5.37. The Morgan fingerprint density at radius 3 is 1.89 bits per heavy atom. The SMILES string of the molecule is C1CO[P+]2(N1)NCCO2. The summed E-state index contributed by atoms with van der Waals surface area (Å²) >= 11 is 0. The van der Waals surface area contributed by atoms with E-state index in [0.29, 0.717) is 0 Å². The van der Waals surface area contributed by atoms with Crippen LogP contribution in [0.3, 0.4) is 0 Å². The van der Waals surface area contributed by atoms with Gasteiger partial charge in [0.15, 0.2) is 0 Å². The predicted molar refractivity (Wildman–Crippen MR) is 34.8 cm³/mol. The van der Waals surface area contributed by atoms with Gasteiger partial charge in [0.2, 0.25) is 0 Å². The van der Waals surface area contributed by atoms with Crippen molar-refractivity contribution in [1.82, 2.24) is 10.2 Å². The molecule has 0 atom stereocenters. The van der Waals surface area contributed by atoms with Gasteiger partial charge < -0.3 is 0 Å². The van der Waals surface area contributed by atoms with Crippen molar-refractivity contribution in [3.05, 3.63) is 0 Å². The minimum atomic E-state index is -1.70. The highest BCUT2D eigenvalue weighted by Gasteiger charge is 2.50. The third-order valence-electron chi connectivity index (χ3n) is 1.39. The molecule has 2 saturated heterocycles. The molecule has 5 heteroatoms. The predicted octanol–water partition coefficient (Wildman–Crippen LogP) is -0.0964. The van der Waals surface area contributed by atoms with Gasteiger partial charge in [-0.3, -0.25) is 0 Å². The summed E-state index contributed by atoms with van der Waals surface area (Å²) in [7, 11) is -1.70. The van der Waals surface area contributed by atoms with Crippen LogP contribution in [0.2, 0.25) is 0 Å². The maximum absolute atomic E-state index is 5.37. The van der Waals surface area contributed by atoms with Crippen LogP contribution in [-0.2, 0) is 9.05 Å².